The van der Waals surface area contributed by atoms with E-state index in [1.807, 2.05) is 31.2 Å². The minimum atomic E-state index is -0.362. The van der Waals surface area contributed by atoms with Crippen molar-refractivity contribution in [2.45, 2.75) is 46.3 Å². The number of aliphatic hydroxyl groups excluding tert-OH is 1. The smallest absolute Gasteiger partial charge is 0.317 e. The molecule has 2 N–H and O–H groups in total. The normalized spacial score (nSPS) is 20.1. The number of benzene rings is 1. The molecule has 2 amide bonds. The number of ether oxygens (including phenoxy) is 1. The van der Waals surface area contributed by atoms with E-state index >= 15 is 0 Å². The van der Waals surface area contributed by atoms with Crippen LogP contribution in [0.15, 0.2) is 24.3 Å². The van der Waals surface area contributed by atoms with Crippen molar-refractivity contribution >= 4 is 6.03 Å². The molecule has 2 rings (SSSR count). The topological polar surface area (TPSA) is 61.8 Å². The van der Waals surface area contributed by atoms with Crippen LogP contribution in [0.4, 0.5) is 4.79 Å². The molecule has 0 bridgehead atoms. The summed E-state index contributed by atoms with van der Waals surface area (Å²) in [5.41, 5.74) is 1.05. The van der Waals surface area contributed by atoms with E-state index < -0.39 is 0 Å². The molecule has 134 valence electrons. The molecule has 5 nitrogen and oxygen atoms in total. The highest BCUT2D eigenvalue weighted by molar-refractivity contribution is 5.75. The van der Waals surface area contributed by atoms with Gasteiger partial charge in [-0.2, -0.15) is 0 Å². The van der Waals surface area contributed by atoms with Crippen molar-refractivity contribution in [3.05, 3.63) is 29.8 Å². The standard InChI is InChI=1S/C19H30N2O3/c1-13(2)12-24-18-7-5-16(6-8-18)14(3)20-19(23)21-10-9-17(11-21)15(4)22/h5-8,13-15,17,22H,9-12H2,1-4H3,(H,20,23). The van der Waals surface area contributed by atoms with Crippen LogP contribution in [0.5, 0.6) is 5.75 Å². The number of hydrogen-bond donors (Lipinski definition) is 2. The van der Waals surface area contributed by atoms with E-state index in [1.54, 1.807) is 11.8 Å². The first kappa shape index (κ1) is 18.6. The minimum absolute atomic E-state index is 0.0641. The molecular formula is C19H30N2O3. The second-order valence-corrected chi connectivity index (χ2v) is 7.18. The van der Waals surface area contributed by atoms with E-state index in [0.717, 1.165) is 17.7 Å². The number of nitrogens with one attached hydrogen (secondary N) is 1. The van der Waals surface area contributed by atoms with Crippen LogP contribution in [0.1, 0.15) is 45.7 Å². The molecule has 0 aliphatic carbocycles. The Kier molecular flexibility index (Phi) is 6.49. The molecule has 0 aromatic heterocycles. The second kappa shape index (κ2) is 8.38. The van der Waals surface area contributed by atoms with Crippen molar-refractivity contribution in [3.63, 3.8) is 0 Å². The highest BCUT2D eigenvalue weighted by Crippen LogP contribution is 2.22. The Morgan fingerprint density at radius 1 is 1.29 bits per heavy atom. The van der Waals surface area contributed by atoms with Gasteiger partial charge in [0.05, 0.1) is 18.8 Å². The van der Waals surface area contributed by atoms with Crippen molar-refractivity contribution in [1.29, 1.82) is 0 Å². The first-order chi connectivity index (χ1) is 11.4. The van der Waals surface area contributed by atoms with Crippen LogP contribution in [-0.2, 0) is 0 Å². The van der Waals surface area contributed by atoms with Crippen LogP contribution in [-0.4, -0.2) is 41.8 Å². The lowest BCUT2D eigenvalue weighted by molar-refractivity contribution is 0.129. The fourth-order valence-electron chi connectivity index (χ4n) is 2.84. The third-order valence-electron chi connectivity index (χ3n) is 4.50. The van der Waals surface area contributed by atoms with Gasteiger partial charge in [-0.1, -0.05) is 26.0 Å². The van der Waals surface area contributed by atoms with E-state index in [2.05, 4.69) is 19.2 Å². The number of rotatable bonds is 6. The maximum Gasteiger partial charge on any atom is 0.317 e. The van der Waals surface area contributed by atoms with Gasteiger partial charge in [0.2, 0.25) is 0 Å². The molecule has 1 aliphatic rings. The van der Waals surface area contributed by atoms with Gasteiger partial charge in [0.15, 0.2) is 0 Å². The van der Waals surface area contributed by atoms with Crippen LogP contribution >= 0.6 is 0 Å². The van der Waals surface area contributed by atoms with Crippen LogP contribution in [0.25, 0.3) is 0 Å². The largest absolute Gasteiger partial charge is 0.493 e. The molecule has 24 heavy (non-hydrogen) atoms. The third-order valence-corrected chi connectivity index (χ3v) is 4.50. The van der Waals surface area contributed by atoms with Gasteiger partial charge in [-0.3, -0.25) is 0 Å². The van der Waals surface area contributed by atoms with Crippen LogP contribution in [0.2, 0.25) is 0 Å². The number of urea groups is 1. The predicted molar refractivity (Wildman–Crippen MR) is 95.1 cm³/mol. The first-order valence-corrected chi connectivity index (χ1v) is 8.83. The summed E-state index contributed by atoms with van der Waals surface area (Å²) in [7, 11) is 0. The zero-order chi connectivity index (χ0) is 17.7. The zero-order valence-corrected chi connectivity index (χ0v) is 15.2. The zero-order valence-electron chi connectivity index (χ0n) is 15.2. The molecule has 1 fully saturated rings. The Labute approximate surface area is 145 Å². The van der Waals surface area contributed by atoms with Crippen molar-refractivity contribution in [2.24, 2.45) is 11.8 Å². The summed E-state index contributed by atoms with van der Waals surface area (Å²) in [6, 6.07) is 7.74. The summed E-state index contributed by atoms with van der Waals surface area (Å²) in [6.07, 6.45) is 0.500. The fourth-order valence-corrected chi connectivity index (χ4v) is 2.84. The third kappa shape index (κ3) is 5.13. The van der Waals surface area contributed by atoms with E-state index in [4.69, 9.17) is 4.74 Å². The Morgan fingerprint density at radius 3 is 2.50 bits per heavy atom. The Morgan fingerprint density at radius 2 is 1.96 bits per heavy atom. The molecule has 1 saturated heterocycles. The molecule has 0 saturated carbocycles. The summed E-state index contributed by atoms with van der Waals surface area (Å²) >= 11 is 0. The van der Waals surface area contributed by atoms with Crippen molar-refractivity contribution < 1.29 is 14.6 Å². The average molecular weight is 334 g/mol. The van der Waals surface area contributed by atoms with Crippen LogP contribution in [0.3, 0.4) is 0 Å². The summed E-state index contributed by atoms with van der Waals surface area (Å²) in [5, 5.41) is 12.7. The van der Waals surface area contributed by atoms with Gasteiger partial charge in [-0.05, 0) is 43.9 Å². The lowest BCUT2D eigenvalue weighted by Gasteiger charge is -2.22. The number of carbonyl (C=O) groups is 1. The molecule has 1 aromatic rings. The van der Waals surface area contributed by atoms with Gasteiger partial charge >= 0.3 is 6.03 Å². The molecule has 3 unspecified atom stereocenters. The highest BCUT2D eigenvalue weighted by atomic mass is 16.5. The van der Waals surface area contributed by atoms with Gasteiger partial charge in [0.25, 0.3) is 0 Å². The number of hydrogen-bond acceptors (Lipinski definition) is 3. The number of nitrogens with zero attached hydrogens (tertiary/aromatic N) is 1. The van der Waals surface area contributed by atoms with E-state index in [1.165, 1.54) is 0 Å². The second-order valence-electron chi connectivity index (χ2n) is 7.18. The number of amides is 2. The molecule has 1 heterocycles. The van der Waals surface area contributed by atoms with Gasteiger partial charge < -0.3 is 20.1 Å². The number of aliphatic hydroxyl groups is 1. The molecule has 1 aromatic carbocycles. The molecule has 0 radical (unpaired) electrons. The Balaban J connectivity index is 1.85. The quantitative estimate of drug-likeness (QED) is 0.840. The summed E-state index contributed by atoms with van der Waals surface area (Å²) in [5.74, 6) is 1.53. The molecule has 1 aliphatic heterocycles. The average Bonchev–Trinajstić information content (AvgIpc) is 3.03. The van der Waals surface area contributed by atoms with Gasteiger partial charge in [-0.15, -0.1) is 0 Å². The lowest BCUT2D eigenvalue weighted by Crippen LogP contribution is -2.40. The number of carbonyl (C=O) groups excluding carboxylic acids is 1. The Bertz CT molecular complexity index is 528. The highest BCUT2D eigenvalue weighted by Gasteiger charge is 2.29. The fraction of sp³-hybridized carbons (Fsp3) is 0.632. The lowest BCUT2D eigenvalue weighted by atomic mass is 10.0. The monoisotopic (exact) mass is 334 g/mol. The van der Waals surface area contributed by atoms with Crippen LogP contribution < -0.4 is 10.1 Å². The first-order valence-electron chi connectivity index (χ1n) is 8.83. The van der Waals surface area contributed by atoms with E-state index in [-0.39, 0.29) is 24.1 Å². The Hall–Kier alpha value is -1.75. The maximum atomic E-state index is 12.4. The van der Waals surface area contributed by atoms with Crippen molar-refractivity contribution in [3.8, 4) is 5.75 Å². The van der Waals surface area contributed by atoms with Gasteiger partial charge in [-0.25, -0.2) is 4.79 Å². The predicted octanol–water partition coefficient (Wildman–Crippen LogP) is 3.19. The molecular weight excluding hydrogens is 304 g/mol. The summed E-state index contributed by atoms with van der Waals surface area (Å²) in [6.45, 7) is 10.0. The number of likely N-dealkylation sites (tertiary alicyclic amines) is 1. The molecule has 5 heteroatoms. The SMILES string of the molecule is CC(C)COc1ccc(C(C)NC(=O)N2CCC(C(C)O)C2)cc1. The van der Waals surface area contributed by atoms with E-state index in [0.29, 0.717) is 25.6 Å². The van der Waals surface area contributed by atoms with E-state index in [9.17, 15) is 9.90 Å². The van der Waals surface area contributed by atoms with Crippen LogP contribution in [0, 0.1) is 11.8 Å². The molecule has 0 spiro atoms. The maximum absolute atomic E-state index is 12.4. The summed E-state index contributed by atoms with van der Waals surface area (Å²) in [4.78, 5) is 14.1. The van der Waals surface area contributed by atoms with Gasteiger partial charge in [0, 0.05) is 19.0 Å². The van der Waals surface area contributed by atoms with Crippen molar-refractivity contribution in [1.82, 2.24) is 10.2 Å². The van der Waals surface area contributed by atoms with Gasteiger partial charge in [0.1, 0.15) is 5.75 Å². The minimum Gasteiger partial charge on any atom is -0.493 e. The van der Waals surface area contributed by atoms with Crippen molar-refractivity contribution in [2.75, 3.05) is 19.7 Å². The molecule has 3 atom stereocenters. The summed E-state index contributed by atoms with van der Waals surface area (Å²) < 4.78 is 5.68.